The van der Waals surface area contributed by atoms with Gasteiger partial charge >= 0.3 is 6.09 Å². The zero-order valence-electron chi connectivity index (χ0n) is 14.1. The Bertz CT molecular complexity index is 595. The van der Waals surface area contributed by atoms with Crippen LogP contribution in [-0.4, -0.2) is 58.2 Å². The van der Waals surface area contributed by atoms with Crippen molar-refractivity contribution in [1.82, 2.24) is 9.80 Å². The number of piperazine rings is 1. The van der Waals surface area contributed by atoms with E-state index < -0.39 is 5.60 Å². The fourth-order valence-corrected chi connectivity index (χ4v) is 2.56. The number of phenolic OH excluding ortho intramolecular Hbond substituents is 1. The predicted molar refractivity (Wildman–Crippen MR) is 86.4 cm³/mol. The number of hydrogen-bond acceptors (Lipinski definition) is 4. The quantitative estimate of drug-likeness (QED) is 0.863. The molecular formula is C17H24N2O4. The second-order valence-electron chi connectivity index (χ2n) is 6.79. The number of ether oxygens (including phenoxy) is 1. The average Bonchev–Trinajstić information content (AvgIpc) is 2.45. The molecular weight excluding hydrogens is 296 g/mol. The van der Waals surface area contributed by atoms with Gasteiger partial charge in [-0.1, -0.05) is 12.1 Å². The van der Waals surface area contributed by atoms with Crippen molar-refractivity contribution in [1.29, 1.82) is 0 Å². The molecule has 1 aromatic rings. The van der Waals surface area contributed by atoms with Gasteiger partial charge in [-0.05, 0) is 39.8 Å². The van der Waals surface area contributed by atoms with Gasteiger partial charge in [0.1, 0.15) is 11.4 Å². The number of phenols is 1. The lowest BCUT2D eigenvalue weighted by Gasteiger charge is -2.40. The number of carbonyl (C=O) groups is 2. The summed E-state index contributed by atoms with van der Waals surface area (Å²) in [5.74, 6) is -0.251. The molecule has 1 aliphatic rings. The van der Waals surface area contributed by atoms with Crippen LogP contribution in [0, 0.1) is 0 Å². The molecule has 0 spiro atoms. The van der Waals surface area contributed by atoms with Gasteiger partial charge in [-0.15, -0.1) is 0 Å². The molecule has 1 N–H and O–H groups in total. The molecule has 1 saturated heterocycles. The number of benzene rings is 1. The summed E-state index contributed by atoms with van der Waals surface area (Å²) in [7, 11) is 0. The van der Waals surface area contributed by atoms with Crippen LogP contribution in [0.25, 0.3) is 0 Å². The highest BCUT2D eigenvalue weighted by atomic mass is 16.6. The molecule has 1 fully saturated rings. The van der Waals surface area contributed by atoms with E-state index in [2.05, 4.69) is 0 Å². The summed E-state index contributed by atoms with van der Waals surface area (Å²) < 4.78 is 5.39. The Kier molecular flexibility index (Phi) is 4.82. The Labute approximate surface area is 136 Å². The first-order chi connectivity index (χ1) is 10.7. The minimum atomic E-state index is -0.542. The molecule has 0 aromatic heterocycles. The fraction of sp³-hybridized carbons (Fsp3) is 0.529. The summed E-state index contributed by atoms with van der Waals surface area (Å²) in [4.78, 5) is 28.0. The van der Waals surface area contributed by atoms with Crippen molar-refractivity contribution >= 4 is 12.0 Å². The van der Waals surface area contributed by atoms with E-state index in [-0.39, 0.29) is 29.4 Å². The smallest absolute Gasteiger partial charge is 0.410 e. The zero-order chi connectivity index (χ0) is 17.2. The molecule has 0 aliphatic carbocycles. The topological polar surface area (TPSA) is 70.1 Å². The molecule has 6 heteroatoms. The maximum atomic E-state index is 12.5. The van der Waals surface area contributed by atoms with Crippen molar-refractivity contribution in [2.45, 2.75) is 39.3 Å². The monoisotopic (exact) mass is 320 g/mol. The molecule has 1 atom stereocenters. The second-order valence-corrected chi connectivity index (χ2v) is 6.79. The number of para-hydroxylation sites is 1. The number of hydrogen-bond donors (Lipinski definition) is 1. The van der Waals surface area contributed by atoms with Crippen LogP contribution >= 0.6 is 0 Å². The van der Waals surface area contributed by atoms with Crippen LogP contribution < -0.4 is 0 Å². The molecule has 0 saturated carbocycles. The van der Waals surface area contributed by atoms with Gasteiger partial charge in [0.15, 0.2) is 0 Å². The van der Waals surface area contributed by atoms with E-state index in [0.717, 1.165) is 0 Å². The van der Waals surface area contributed by atoms with Gasteiger partial charge in [-0.25, -0.2) is 4.79 Å². The molecule has 2 rings (SSSR count). The number of nitrogens with zero attached hydrogens (tertiary/aromatic N) is 2. The summed E-state index contributed by atoms with van der Waals surface area (Å²) in [6, 6.07) is 6.34. The summed E-state index contributed by atoms with van der Waals surface area (Å²) in [5, 5.41) is 9.81. The second kappa shape index (κ2) is 6.48. The lowest BCUT2D eigenvalue weighted by Crippen LogP contribution is -2.56. The SMILES string of the molecule is C[C@@H]1CN(C(=O)c2ccccc2O)CCN1C(=O)OC(C)(C)C. The first-order valence-corrected chi connectivity index (χ1v) is 7.76. The standard InChI is InChI=1S/C17H24N2O4/c1-12-11-18(15(21)13-7-5-6-8-14(13)20)9-10-19(12)16(22)23-17(2,3)4/h5-8,12,20H,9-11H2,1-4H3/t12-/m1/s1. The van der Waals surface area contributed by atoms with Gasteiger partial charge in [-0.2, -0.15) is 0 Å². The van der Waals surface area contributed by atoms with Crippen molar-refractivity contribution in [3.8, 4) is 5.75 Å². The van der Waals surface area contributed by atoms with Gasteiger partial charge in [0.25, 0.3) is 5.91 Å². The first kappa shape index (κ1) is 17.1. The largest absolute Gasteiger partial charge is 0.507 e. The Morgan fingerprint density at radius 3 is 2.43 bits per heavy atom. The molecule has 0 unspecified atom stereocenters. The molecule has 23 heavy (non-hydrogen) atoms. The van der Waals surface area contributed by atoms with Gasteiger partial charge in [0.05, 0.1) is 5.56 Å². The van der Waals surface area contributed by atoms with Crippen molar-refractivity contribution in [2.75, 3.05) is 19.6 Å². The van der Waals surface area contributed by atoms with E-state index >= 15 is 0 Å². The third-order valence-electron chi connectivity index (χ3n) is 3.68. The van der Waals surface area contributed by atoms with E-state index in [1.54, 1.807) is 28.0 Å². The minimum absolute atomic E-state index is 0.0280. The van der Waals surface area contributed by atoms with Gasteiger partial charge in [0.2, 0.25) is 0 Å². The minimum Gasteiger partial charge on any atom is -0.507 e. The fourth-order valence-electron chi connectivity index (χ4n) is 2.56. The first-order valence-electron chi connectivity index (χ1n) is 7.76. The van der Waals surface area contributed by atoms with E-state index in [0.29, 0.717) is 19.6 Å². The van der Waals surface area contributed by atoms with Crippen LogP contribution in [-0.2, 0) is 4.74 Å². The molecule has 126 valence electrons. The van der Waals surface area contributed by atoms with Crippen LogP contribution in [0.4, 0.5) is 4.79 Å². The van der Waals surface area contributed by atoms with Crippen LogP contribution in [0.3, 0.4) is 0 Å². The zero-order valence-corrected chi connectivity index (χ0v) is 14.1. The maximum Gasteiger partial charge on any atom is 0.410 e. The van der Waals surface area contributed by atoms with Crippen molar-refractivity contribution in [2.24, 2.45) is 0 Å². The Morgan fingerprint density at radius 2 is 1.87 bits per heavy atom. The van der Waals surface area contributed by atoms with Gasteiger partial charge in [0, 0.05) is 25.7 Å². The maximum absolute atomic E-state index is 12.5. The average molecular weight is 320 g/mol. The molecule has 1 aliphatic heterocycles. The van der Waals surface area contributed by atoms with Crippen molar-refractivity contribution in [3.05, 3.63) is 29.8 Å². The Morgan fingerprint density at radius 1 is 1.22 bits per heavy atom. The van der Waals surface area contributed by atoms with Crippen molar-refractivity contribution < 1.29 is 19.4 Å². The number of aromatic hydroxyl groups is 1. The van der Waals surface area contributed by atoms with E-state index in [9.17, 15) is 14.7 Å². The molecule has 2 amide bonds. The highest BCUT2D eigenvalue weighted by Crippen LogP contribution is 2.21. The van der Waals surface area contributed by atoms with Crippen LogP contribution in [0.1, 0.15) is 38.1 Å². The molecule has 0 bridgehead atoms. The van der Waals surface area contributed by atoms with Gasteiger partial charge in [-0.3, -0.25) is 4.79 Å². The summed E-state index contributed by atoms with van der Waals surface area (Å²) in [6.07, 6.45) is -0.361. The molecule has 1 heterocycles. The summed E-state index contributed by atoms with van der Waals surface area (Å²) in [6.45, 7) is 8.60. The Balaban J connectivity index is 2.03. The number of carbonyl (C=O) groups excluding carboxylic acids is 2. The molecule has 6 nitrogen and oxygen atoms in total. The van der Waals surface area contributed by atoms with Crippen LogP contribution in [0.15, 0.2) is 24.3 Å². The summed E-state index contributed by atoms with van der Waals surface area (Å²) >= 11 is 0. The van der Waals surface area contributed by atoms with E-state index in [1.807, 2.05) is 27.7 Å². The number of amides is 2. The molecule has 0 radical (unpaired) electrons. The van der Waals surface area contributed by atoms with E-state index in [4.69, 9.17) is 4.74 Å². The van der Waals surface area contributed by atoms with Gasteiger partial charge < -0.3 is 19.6 Å². The van der Waals surface area contributed by atoms with Crippen LogP contribution in [0.5, 0.6) is 5.75 Å². The predicted octanol–water partition coefficient (Wildman–Crippen LogP) is 2.47. The summed E-state index contributed by atoms with van der Waals surface area (Å²) in [5.41, 5.74) is -0.259. The van der Waals surface area contributed by atoms with E-state index in [1.165, 1.54) is 6.07 Å². The third-order valence-corrected chi connectivity index (χ3v) is 3.68. The molecule has 1 aromatic carbocycles. The highest BCUT2D eigenvalue weighted by molar-refractivity contribution is 5.97. The Hall–Kier alpha value is -2.24. The highest BCUT2D eigenvalue weighted by Gasteiger charge is 2.33. The van der Waals surface area contributed by atoms with Crippen molar-refractivity contribution in [3.63, 3.8) is 0 Å². The third kappa shape index (κ3) is 4.15. The lowest BCUT2D eigenvalue weighted by atomic mass is 10.1. The van der Waals surface area contributed by atoms with Crippen LogP contribution in [0.2, 0.25) is 0 Å². The number of rotatable bonds is 1. The normalized spacial score (nSPS) is 18.7. The lowest BCUT2D eigenvalue weighted by molar-refractivity contribution is 0.00193.